The lowest BCUT2D eigenvalue weighted by Crippen LogP contribution is -2.57. The van der Waals surface area contributed by atoms with Crippen LogP contribution in [0.25, 0.3) is 0 Å². The topological polar surface area (TPSA) is 98.8 Å². The lowest BCUT2D eigenvalue weighted by molar-refractivity contribution is -0.133. The summed E-state index contributed by atoms with van der Waals surface area (Å²) in [5.74, 6) is -0.567. The molecule has 1 unspecified atom stereocenters. The Kier molecular flexibility index (Phi) is 3.71. The molecule has 1 aliphatic heterocycles. The van der Waals surface area contributed by atoms with E-state index in [-0.39, 0.29) is 12.0 Å². The second-order valence-electron chi connectivity index (χ2n) is 3.89. The largest absolute Gasteiger partial charge is 0.480 e. The summed E-state index contributed by atoms with van der Waals surface area (Å²) < 4.78 is 5.13. The van der Waals surface area contributed by atoms with Crippen molar-refractivity contribution in [3.05, 3.63) is 30.2 Å². The molecule has 1 atom stereocenters. The van der Waals surface area contributed by atoms with Crippen LogP contribution < -0.4 is 20.9 Å². The summed E-state index contributed by atoms with van der Waals surface area (Å²) in [6.45, 7) is 0. The van der Waals surface area contributed by atoms with Crippen LogP contribution in [-0.4, -0.2) is 41.4 Å². The van der Waals surface area contributed by atoms with Crippen LogP contribution in [0.5, 0.6) is 5.88 Å². The van der Waals surface area contributed by atoms with E-state index < -0.39 is 5.97 Å². The molecular formula is C11H15N5O3. The van der Waals surface area contributed by atoms with Crippen LogP contribution >= 0.6 is 0 Å². The number of carbonyl (C=O) groups is 1. The number of anilines is 1. The molecule has 0 saturated heterocycles. The lowest BCUT2D eigenvalue weighted by atomic mass is 10.4. The number of carboxylic acids is 1. The Morgan fingerprint density at radius 2 is 2.42 bits per heavy atom. The maximum atomic E-state index is 10.8. The van der Waals surface area contributed by atoms with Gasteiger partial charge in [0.25, 0.3) is 0 Å². The zero-order valence-electron chi connectivity index (χ0n) is 10.5. The molecule has 8 nitrogen and oxygen atoms in total. The van der Waals surface area contributed by atoms with E-state index in [0.29, 0.717) is 11.6 Å². The van der Waals surface area contributed by atoms with Crippen LogP contribution in [0.3, 0.4) is 0 Å². The van der Waals surface area contributed by atoms with Gasteiger partial charge in [0.15, 0.2) is 12.0 Å². The van der Waals surface area contributed by atoms with E-state index >= 15 is 0 Å². The third-order valence-electron chi connectivity index (χ3n) is 2.57. The number of aliphatic carboxylic acids is 1. The number of aromatic nitrogens is 1. The predicted octanol–water partition coefficient (Wildman–Crippen LogP) is -0.249. The van der Waals surface area contributed by atoms with Gasteiger partial charge in [0, 0.05) is 19.4 Å². The first-order valence-electron chi connectivity index (χ1n) is 5.56. The molecule has 0 spiro atoms. The van der Waals surface area contributed by atoms with Gasteiger partial charge in [-0.3, -0.25) is 0 Å². The van der Waals surface area contributed by atoms with Gasteiger partial charge in [-0.1, -0.05) is 0 Å². The molecule has 2 heterocycles. The zero-order valence-corrected chi connectivity index (χ0v) is 10.5. The molecular weight excluding hydrogens is 250 g/mol. The highest BCUT2D eigenvalue weighted by Crippen LogP contribution is 2.21. The molecule has 0 aromatic carbocycles. The van der Waals surface area contributed by atoms with Crippen molar-refractivity contribution in [1.29, 1.82) is 0 Å². The Labute approximate surface area is 110 Å². The Balaban J connectivity index is 2.11. The molecule has 1 aromatic heterocycles. The Bertz CT molecular complexity index is 505. The monoisotopic (exact) mass is 265 g/mol. The van der Waals surface area contributed by atoms with Gasteiger partial charge in [0.05, 0.1) is 12.8 Å². The van der Waals surface area contributed by atoms with Gasteiger partial charge in [0.1, 0.15) is 0 Å². The number of pyridine rings is 1. The quantitative estimate of drug-likeness (QED) is 0.591. The summed E-state index contributed by atoms with van der Waals surface area (Å²) in [4.78, 5) is 16.6. The number of nitrogens with one attached hydrogen (secondary N) is 3. The second kappa shape index (κ2) is 5.44. The number of rotatable bonds is 4. The molecule has 8 heteroatoms. The highest BCUT2D eigenvalue weighted by atomic mass is 16.5. The predicted molar refractivity (Wildman–Crippen MR) is 68.0 cm³/mol. The smallest absolute Gasteiger partial charge is 0.354 e. The lowest BCUT2D eigenvalue weighted by Gasteiger charge is -2.34. The fraction of sp³-hybridized carbons (Fsp3) is 0.273. The van der Waals surface area contributed by atoms with E-state index in [1.165, 1.54) is 13.3 Å². The molecule has 0 radical (unpaired) electrons. The molecule has 1 aromatic rings. The first-order chi connectivity index (χ1) is 9.11. The highest BCUT2D eigenvalue weighted by molar-refractivity contribution is 5.85. The Morgan fingerprint density at radius 3 is 3.05 bits per heavy atom. The summed E-state index contributed by atoms with van der Waals surface area (Å²) in [6, 6.07) is 3.59. The van der Waals surface area contributed by atoms with Crippen LogP contribution in [0.1, 0.15) is 0 Å². The second-order valence-corrected chi connectivity index (χ2v) is 3.89. The molecule has 0 aliphatic carbocycles. The number of hydrogen-bond acceptors (Lipinski definition) is 7. The Hall–Kier alpha value is -2.48. The van der Waals surface area contributed by atoms with Crippen molar-refractivity contribution in [3.63, 3.8) is 0 Å². The average molecular weight is 265 g/mol. The third kappa shape index (κ3) is 2.86. The fourth-order valence-corrected chi connectivity index (χ4v) is 1.62. The van der Waals surface area contributed by atoms with Crippen molar-refractivity contribution in [2.75, 3.05) is 19.5 Å². The van der Waals surface area contributed by atoms with E-state index in [1.54, 1.807) is 24.2 Å². The first kappa shape index (κ1) is 13.0. The fourth-order valence-electron chi connectivity index (χ4n) is 1.62. The van der Waals surface area contributed by atoms with E-state index in [4.69, 9.17) is 9.84 Å². The molecule has 0 saturated carbocycles. The average Bonchev–Trinajstić information content (AvgIpc) is 2.41. The summed E-state index contributed by atoms with van der Waals surface area (Å²) in [5, 5.41) is 12.0. The molecule has 1 aliphatic rings. The van der Waals surface area contributed by atoms with Gasteiger partial charge in [-0.25, -0.2) is 9.78 Å². The summed E-state index contributed by atoms with van der Waals surface area (Å²) in [7, 11) is 3.28. The molecule has 0 bridgehead atoms. The SMILES string of the molecule is COc1ncccc1NC1NNC(C(=O)O)=CN1C. The highest BCUT2D eigenvalue weighted by Gasteiger charge is 2.21. The molecule has 0 fully saturated rings. The van der Waals surface area contributed by atoms with Gasteiger partial charge < -0.3 is 25.5 Å². The van der Waals surface area contributed by atoms with Crippen molar-refractivity contribution in [1.82, 2.24) is 20.7 Å². The first-order valence-corrected chi connectivity index (χ1v) is 5.56. The maximum Gasteiger partial charge on any atom is 0.354 e. The minimum absolute atomic E-state index is 0.0682. The summed E-state index contributed by atoms with van der Waals surface area (Å²) in [5.41, 5.74) is 6.20. The van der Waals surface area contributed by atoms with E-state index in [1.807, 2.05) is 6.07 Å². The van der Waals surface area contributed by atoms with Crippen molar-refractivity contribution >= 4 is 11.7 Å². The van der Waals surface area contributed by atoms with Gasteiger partial charge in [-0.05, 0) is 12.1 Å². The van der Waals surface area contributed by atoms with Crippen molar-refractivity contribution in [2.45, 2.75) is 6.29 Å². The number of nitrogens with zero attached hydrogens (tertiary/aromatic N) is 2. The number of ether oxygens (including phenoxy) is 1. The van der Waals surface area contributed by atoms with Gasteiger partial charge in [-0.15, -0.1) is 0 Å². The van der Waals surface area contributed by atoms with Crippen LogP contribution in [0, 0.1) is 0 Å². The summed E-state index contributed by atoms with van der Waals surface area (Å²) in [6.07, 6.45) is 2.78. The van der Waals surface area contributed by atoms with Crippen LogP contribution in [0.2, 0.25) is 0 Å². The number of carboxylic acid groups (broad SMARTS) is 1. The minimum atomic E-state index is -1.03. The number of hydrogen-bond donors (Lipinski definition) is 4. The van der Waals surface area contributed by atoms with Crippen LogP contribution in [0.4, 0.5) is 5.69 Å². The van der Waals surface area contributed by atoms with Gasteiger partial charge in [-0.2, -0.15) is 5.43 Å². The normalized spacial score (nSPS) is 18.3. The molecule has 2 rings (SSSR count). The third-order valence-corrected chi connectivity index (χ3v) is 2.57. The van der Waals surface area contributed by atoms with Gasteiger partial charge in [0.2, 0.25) is 5.88 Å². The zero-order chi connectivity index (χ0) is 13.8. The van der Waals surface area contributed by atoms with Gasteiger partial charge >= 0.3 is 5.97 Å². The minimum Gasteiger partial charge on any atom is -0.480 e. The number of hydrazine groups is 1. The van der Waals surface area contributed by atoms with Crippen molar-refractivity contribution in [3.8, 4) is 5.88 Å². The molecule has 102 valence electrons. The summed E-state index contributed by atoms with van der Waals surface area (Å²) >= 11 is 0. The van der Waals surface area contributed by atoms with E-state index in [2.05, 4.69) is 21.2 Å². The standard InChI is InChI=1S/C11H15N5O3/c1-16-6-8(10(17)18)14-15-11(16)13-7-4-3-5-12-9(7)19-2/h3-6,11,13-15H,1-2H3,(H,17,18). The molecule has 0 amide bonds. The van der Waals surface area contributed by atoms with E-state index in [0.717, 1.165) is 0 Å². The van der Waals surface area contributed by atoms with E-state index in [9.17, 15) is 4.79 Å². The van der Waals surface area contributed by atoms with Crippen LogP contribution in [0.15, 0.2) is 30.2 Å². The number of methoxy groups -OCH3 is 1. The maximum absolute atomic E-state index is 10.8. The Morgan fingerprint density at radius 1 is 1.63 bits per heavy atom. The molecule has 4 N–H and O–H groups in total. The van der Waals surface area contributed by atoms with Crippen molar-refractivity contribution < 1.29 is 14.6 Å². The molecule has 19 heavy (non-hydrogen) atoms. The van der Waals surface area contributed by atoms with Crippen molar-refractivity contribution in [2.24, 2.45) is 0 Å². The van der Waals surface area contributed by atoms with Crippen LogP contribution in [-0.2, 0) is 4.79 Å².